The highest BCUT2D eigenvalue weighted by molar-refractivity contribution is 7.52. The summed E-state index contributed by atoms with van der Waals surface area (Å²) in [6.07, 6.45) is 0. The second kappa shape index (κ2) is 12.5. The van der Waals surface area contributed by atoms with Gasteiger partial charge >= 0.3 is 15.4 Å². The molecule has 0 aliphatic carbocycles. The fourth-order valence-corrected chi connectivity index (χ4v) is 2.24. The highest BCUT2D eigenvalue weighted by atomic mass is 31.2. The zero-order valence-electron chi connectivity index (χ0n) is 12.7. The largest absolute Gasteiger partial charge is 0.472 e. The molecule has 2 unspecified atom stereocenters. The van der Waals surface area contributed by atoms with Crippen molar-refractivity contribution in [1.82, 2.24) is 0 Å². The number of phosphoric acid groups is 1. The molecule has 0 aliphatic heterocycles. The molecular formula is C10H24O10P2. The van der Waals surface area contributed by atoms with E-state index < -0.39 is 15.4 Å². The molecule has 0 spiro atoms. The molecule has 0 aromatic rings. The quantitative estimate of drug-likeness (QED) is 0.314. The van der Waals surface area contributed by atoms with Crippen molar-refractivity contribution < 1.29 is 46.7 Å². The molecule has 2 N–H and O–H groups in total. The van der Waals surface area contributed by atoms with Crippen molar-refractivity contribution in [2.75, 3.05) is 66.6 Å². The van der Waals surface area contributed by atoms with Crippen molar-refractivity contribution in [3.8, 4) is 0 Å². The van der Waals surface area contributed by atoms with Gasteiger partial charge in [-0.3, -0.25) is 13.6 Å². The molecular weight excluding hydrogens is 342 g/mol. The molecule has 0 bridgehead atoms. The van der Waals surface area contributed by atoms with Crippen LogP contribution in [-0.2, 0) is 36.7 Å². The van der Waals surface area contributed by atoms with E-state index in [2.05, 4.69) is 13.6 Å². The van der Waals surface area contributed by atoms with Crippen LogP contribution in [0.1, 0.15) is 0 Å². The molecule has 0 heterocycles. The maximum Gasteiger partial charge on any atom is 0.472 e. The monoisotopic (exact) mass is 366 g/mol. The number of aliphatic hydroxyl groups excluding tert-OH is 1. The van der Waals surface area contributed by atoms with E-state index in [-0.39, 0.29) is 52.9 Å². The van der Waals surface area contributed by atoms with E-state index >= 15 is 0 Å². The number of hydrogen-bond donors (Lipinski definition) is 2. The zero-order valence-corrected chi connectivity index (χ0v) is 14.5. The lowest BCUT2D eigenvalue weighted by molar-refractivity contribution is 0.0424. The van der Waals surface area contributed by atoms with E-state index in [9.17, 15) is 14.0 Å². The molecule has 0 saturated carbocycles. The number of phosphoric ester groups is 1. The molecule has 0 aliphatic rings. The fraction of sp³-hybridized carbons (Fsp3) is 1.00. The Balaban J connectivity index is 3.52. The third-order valence-corrected chi connectivity index (χ3v) is 4.42. The highest BCUT2D eigenvalue weighted by Crippen LogP contribution is 2.43. The van der Waals surface area contributed by atoms with Crippen LogP contribution in [0.4, 0.5) is 0 Å². The lowest BCUT2D eigenvalue weighted by Crippen LogP contribution is -2.10. The standard InChI is InChI=1S/C10H24O10P2/c1-15-21(2,12)18-8-5-17-7-10-20-22(13,14)19-9-6-16-4-3-11/h11H,3-10H2,1-2H3,(H,13,14). The van der Waals surface area contributed by atoms with E-state index in [0.717, 1.165) is 0 Å². The molecule has 0 rings (SSSR count). The first-order valence-electron chi connectivity index (χ1n) is 6.49. The number of aliphatic hydroxyl groups is 1. The van der Waals surface area contributed by atoms with E-state index in [1.54, 1.807) is 0 Å². The molecule has 22 heavy (non-hydrogen) atoms. The van der Waals surface area contributed by atoms with E-state index in [1.807, 2.05) is 0 Å². The summed E-state index contributed by atoms with van der Waals surface area (Å²) in [7, 11) is -5.89. The Labute approximate surface area is 129 Å². The lowest BCUT2D eigenvalue weighted by Gasteiger charge is -2.13. The van der Waals surface area contributed by atoms with E-state index in [1.165, 1.54) is 13.8 Å². The molecule has 0 saturated heterocycles. The third-order valence-electron chi connectivity index (χ3n) is 2.08. The SMILES string of the molecule is COP(C)(=O)OCCOCCOP(=O)(O)OCCOCCO. The van der Waals surface area contributed by atoms with Gasteiger partial charge in [0.1, 0.15) is 0 Å². The Bertz CT molecular complexity index is 364. The van der Waals surface area contributed by atoms with Crippen molar-refractivity contribution >= 4 is 15.4 Å². The Kier molecular flexibility index (Phi) is 12.6. The Morgan fingerprint density at radius 3 is 1.73 bits per heavy atom. The van der Waals surface area contributed by atoms with Crippen molar-refractivity contribution in [2.24, 2.45) is 0 Å². The summed E-state index contributed by atoms with van der Waals surface area (Å²) < 4.78 is 51.4. The molecule has 0 amide bonds. The molecule has 12 heteroatoms. The van der Waals surface area contributed by atoms with Gasteiger partial charge in [0, 0.05) is 13.8 Å². The number of hydrogen-bond acceptors (Lipinski definition) is 9. The Morgan fingerprint density at radius 1 is 0.818 bits per heavy atom. The number of rotatable bonds is 15. The highest BCUT2D eigenvalue weighted by Gasteiger charge is 2.20. The van der Waals surface area contributed by atoms with Gasteiger partial charge in [0.15, 0.2) is 0 Å². The van der Waals surface area contributed by atoms with Gasteiger partial charge in [-0.2, -0.15) is 0 Å². The van der Waals surface area contributed by atoms with Crippen LogP contribution in [0.15, 0.2) is 0 Å². The summed E-state index contributed by atoms with van der Waals surface area (Å²) in [5.41, 5.74) is 0. The maximum atomic E-state index is 11.4. The van der Waals surface area contributed by atoms with Gasteiger partial charge < -0.3 is 28.5 Å². The normalized spacial score (nSPS) is 17.1. The van der Waals surface area contributed by atoms with Crippen molar-refractivity contribution in [3.63, 3.8) is 0 Å². The molecule has 0 radical (unpaired) electrons. The summed E-state index contributed by atoms with van der Waals surface area (Å²) in [6, 6.07) is 0. The smallest absolute Gasteiger partial charge is 0.394 e. The fourth-order valence-electron chi connectivity index (χ4n) is 1.04. The molecule has 0 aromatic carbocycles. The van der Waals surface area contributed by atoms with Crippen LogP contribution in [0, 0.1) is 0 Å². The van der Waals surface area contributed by atoms with Gasteiger partial charge in [-0.15, -0.1) is 0 Å². The summed E-state index contributed by atoms with van der Waals surface area (Å²) in [5.74, 6) is 0. The van der Waals surface area contributed by atoms with Crippen LogP contribution < -0.4 is 0 Å². The maximum absolute atomic E-state index is 11.4. The van der Waals surface area contributed by atoms with Gasteiger partial charge in [-0.05, 0) is 0 Å². The van der Waals surface area contributed by atoms with Gasteiger partial charge in [-0.25, -0.2) is 4.57 Å². The minimum absolute atomic E-state index is 0.0410. The summed E-state index contributed by atoms with van der Waals surface area (Å²) >= 11 is 0. The Morgan fingerprint density at radius 2 is 1.27 bits per heavy atom. The van der Waals surface area contributed by atoms with Crippen LogP contribution in [0.3, 0.4) is 0 Å². The first-order valence-corrected chi connectivity index (χ1v) is 9.97. The molecule has 0 fully saturated rings. The molecule has 10 nitrogen and oxygen atoms in total. The van der Waals surface area contributed by atoms with Crippen LogP contribution in [0.25, 0.3) is 0 Å². The minimum atomic E-state index is -4.15. The summed E-state index contributed by atoms with van der Waals surface area (Å²) in [4.78, 5) is 9.28. The summed E-state index contributed by atoms with van der Waals surface area (Å²) in [5, 5.41) is 8.45. The topological polar surface area (TPSA) is 130 Å². The van der Waals surface area contributed by atoms with Crippen LogP contribution in [0.2, 0.25) is 0 Å². The third kappa shape index (κ3) is 13.8. The average Bonchev–Trinajstić information content (AvgIpc) is 2.46. The first kappa shape index (κ1) is 22.1. The van der Waals surface area contributed by atoms with Crippen molar-refractivity contribution in [2.45, 2.75) is 0 Å². The minimum Gasteiger partial charge on any atom is -0.394 e. The molecule has 134 valence electrons. The van der Waals surface area contributed by atoms with Crippen LogP contribution in [-0.4, -0.2) is 76.6 Å². The van der Waals surface area contributed by atoms with Gasteiger partial charge in [0.2, 0.25) is 0 Å². The van der Waals surface area contributed by atoms with Gasteiger partial charge in [0.25, 0.3) is 0 Å². The van der Waals surface area contributed by atoms with Crippen LogP contribution in [0.5, 0.6) is 0 Å². The lowest BCUT2D eigenvalue weighted by atomic mass is 10.7. The second-order valence-electron chi connectivity index (χ2n) is 3.87. The number of ether oxygens (including phenoxy) is 2. The van der Waals surface area contributed by atoms with Crippen molar-refractivity contribution in [3.05, 3.63) is 0 Å². The van der Waals surface area contributed by atoms with E-state index in [0.29, 0.717) is 0 Å². The van der Waals surface area contributed by atoms with Crippen molar-refractivity contribution in [1.29, 1.82) is 0 Å². The zero-order chi connectivity index (χ0) is 16.9. The predicted molar refractivity (Wildman–Crippen MR) is 76.9 cm³/mol. The Hall–Kier alpha value is 0.140. The molecule has 0 aromatic heterocycles. The van der Waals surface area contributed by atoms with Gasteiger partial charge in [0.05, 0.1) is 52.9 Å². The predicted octanol–water partition coefficient (Wildman–Crippen LogP) is 0.631. The second-order valence-corrected chi connectivity index (χ2v) is 7.49. The average molecular weight is 366 g/mol. The summed E-state index contributed by atoms with van der Waals surface area (Å²) in [6.45, 7) is 1.35. The van der Waals surface area contributed by atoms with E-state index in [4.69, 9.17) is 19.1 Å². The van der Waals surface area contributed by atoms with Gasteiger partial charge in [-0.1, -0.05) is 0 Å². The first-order chi connectivity index (χ1) is 10.3. The molecule has 2 atom stereocenters. The van der Waals surface area contributed by atoms with Crippen LogP contribution >= 0.6 is 15.4 Å².